The van der Waals surface area contributed by atoms with Gasteiger partial charge in [0.2, 0.25) is 5.91 Å². The van der Waals surface area contributed by atoms with Crippen LogP contribution in [0.1, 0.15) is 26.2 Å². The van der Waals surface area contributed by atoms with Crippen LogP contribution >= 0.6 is 0 Å². The zero-order valence-electron chi connectivity index (χ0n) is 11.3. The highest BCUT2D eigenvalue weighted by molar-refractivity contribution is 5.84. The molecule has 1 fully saturated rings. The van der Waals surface area contributed by atoms with Gasteiger partial charge in [-0.2, -0.15) is 0 Å². The number of carbonyl (C=O) groups is 1. The van der Waals surface area contributed by atoms with E-state index in [0.717, 1.165) is 18.9 Å². The fraction of sp³-hybridized carbons (Fsp3) is 0.538. The Bertz CT molecular complexity index is 509. The van der Waals surface area contributed by atoms with Crippen molar-refractivity contribution in [3.8, 4) is 0 Å². The van der Waals surface area contributed by atoms with Crippen LogP contribution in [-0.4, -0.2) is 30.0 Å². The number of nitrogens with one attached hydrogen (secondary N) is 1. The van der Waals surface area contributed by atoms with Gasteiger partial charge in [-0.15, -0.1) is 0 Å². The molecule has 2 heterocycles. The average molecular weight is 284 g/mol. The Morgan fingerprint density at radius 1 is 1.55 bits per heavy atom. The predicted molar refractivity (Wildman–Crippen MR) is 72.5 cm³/mol. The molecule has 1 aliphatic rings. The molecule has 20 heavy (non-hydrogen) atoms. The molecular formula is C13H18F2N4O. The van der Waals surface area contributed by atoms with E-state index in [-0.39, 0.29) is 11.6 Å². The Morgan fingerprint density at radius 3 is 2.95 bits per heavy atom. The van der Waals surface area contributed by atoms with Crippen LogP contribution < -0.4 is 16.0 Å². The van der Waals surface area contributed by atoms with E-state index in [1.54, 1.807) is 0 Å². The lowest BCUT2D eigenvalue weighted by Crippen LogP contribution is -2.41. The van der Waals surface area contributed by atoms with Crippen LogP contribution in [0.5, 0.6) is 0 Å². The monoisotopic (exact) mass is 284 g/mol. The maximum atomic E-state index is 13.9. The highest BCUT2D eigenvalue weighted by atomic mass is 19.1. The van der Waals surface area contributed by atoms with Crippen molar-refractivity contribution in [3.63, 3.8) is 0 Å². The fourth-order valence-electron chi connectivity index (χ4n) is 2.34. The summed E-state index contributed by atoms with van der Waals surface area (Å²) in [6, 6.07) is 0.206. The van der Waals surface area contributed by atoms with E-state index in [1.807, 2.05) is 6.92 Å². The molecule has 1 saturated heterocycles. The van der Waals surface area contributed by atoms with Crippen LogP contribution in [0, 0.1) is 11.6 Å². The number of pyridine rings is 1. The number of carbonyl (C=O) groups excluding carboxylic acids is 1. The molecular weight excluding hydrogens is 266 g/mol. The summed E-state index contributed by atoms with van der Waals surface area (Å²) >= 11 is 0. The Labute approximate surface area is 116 Å². The summed E-state index contributed by atoms with van der Waals surface area (Å²) < 4.78 is 27.5. The van der Waals surface area contributed by atoms with Crippen molar-refractivity contribution in [1.82, 2.24) is 4.98 Å². The lowest BCUT2D eigenvalue weighted by molar-refractivity contribution is -0.119. The minimum absolute atomic E-state index is 0.00151. The van der Waals surface area contributed by atoms with Crippen molar-refractivity contribution in [3.05, 3.63) is 17.7 Å². The van der Waals surface area contributed by atoms with E-state index in [4.69, 9.17) is 5.73 Å². The Morgan fingerprint density at radius 2 is 2.30 bits per heavy atom. The first-order chi connectivity index (χ1) is 9.54. The molecule has 1 aromatic heterocycles. The number of hydrogen-bond donors (Lipinski definition) is 2. The number of halogens is 2. The largest absolute Gasteiger partial charge is 0.368 e. The SMILES string of the molecule is CCCNc1nc(N2CCCC2C(N)=O)c(F)cc1F. The maximum absolute atomic E-state index is 13.9. The molecule has 0 radical (unpaired) electrons. The third kappa shape index (κ3) is 2.81. The molecule has 0 bridgehead atoms. The van der Waals surface area contributed by atoms with Crippen LogP contribution in [0.2, 0.25) is 0 Å². The number of aromatic nitrogens is 1. The van der Waals surface area contributed by atoms with Gasteiger partial charge in [-0.3, -0.25) is 4.79 Å². The number of hydrogen-bond acceptors (Lipinski definition) is 4. The number of rotatable bonds is 5. The summed E-state index contributed by atoms with van der Waals surface area (Å²) in [5.41, 5.74) is 5.30. The number of nitrogens with zero attached hydrogens (tertiary/aromatic N) is 2. The Hall–Kier alpha value is -1.92. The average Bonchev–Trinajstić information content (AvgIpc) is 2.87. The summed E-state index contributed by atoms with van der Waals surface area (Å²) in [5.74, 6) is -2.06. The smallest absolute Gasteiger partial charge is 0.240 e. The summed E-state index contributed by atoms with van der Waals surface area (Å²) in [4.78, 5) is 16.9. The van der Waals surface area contributed by atoms with E-state index < -0.39 is 23.6 Å². The van der Waals surface area contributed by atoms with Gasteiger partial charge in [-0.1, -0.05) is 6.92 Å². The van der Waals surface area contributed by atoms with Crippen LogP contribution in [0.25, 0.3) is 0 Å². The quantitative estimate of drug-likeness (QED) is 0.862. The van der Waals surface area contributed by atoms with Crippen molar-refractivity contribution < 1.29 is 13.6 Å². The maximum Gasteiger partial charge on any atom is 0.240 e. The highest BCUT2D eigenvalue weighted by Gasteiger charge is 2.32. The van der Waals surface area contributed by atoms with Crippen molar-refractivity contribution in [2.75, 3.05) is 23.3 Å². The molecule has 2 rings (SSSR count). The van der Waals surface area contributed by atoms with Gasteiger partial charge in [0.1, 0.15) is 6.04 Å². The van der Waals surface area contributed by atoms with Gasteiger partial charge in [0, 0.05) is 19.2 Å². The van der Waals surface area contributed by atoms with Gasteiger partial charge in [-0.05, 0) is 19.3 Å². The van der Waals surface area contributed by atoms with Crippen molar-refractivity contribution in [1.29, 1.82) is 0 Å². The second-order valence-electron chi connectivity index (χ2n) is 4.80. The topological polar surface area (TPSA) is 71.2 Å². The van der Waals surface area contributed by atoms with Gasteiger partial charge in [0.25, 0.3) is 0 Å². The van der Waals surface area contributed by atoms with Crippen LogP contribution in [0.3, 0.4) is 0 Å². The number of amides is 1. The van der Waals surface area contributed by atoms with Gasteiger partial charge in [0.15, 0.2) is 23.3 Å². The molecule has 0 aliphatic carbocycles. The molecule has 110 valence electrons. The van der Waals surface area contributed by atoms with Crippen LogP contribution in [0.15, 0.2) is 6.07 Å². The Kier molecular flexibility index (Phi) is 4.36. The summed E-state index contributed by atoms with van der Waals surface area (Å²) in [5, 5.41) is 2.80. The molecule has 5 nitrogen and oxygen atoms in total. The van der Waals surface area contributed by atoms with Crippen molar-refractivity contribution in [2.45, 2.75) is 32.2 Å². The predicted octanol–water partition coefficient (Wildman–Crippen LogP) is 1.64. The minimum Gasteiger partial charge on any atom is -0.368 e. The van der Waals surface area contributed by atoms with E-state index in [0.29, 0.717) is 19.5 Å². The molecule has 1 amide bonds. The second kappa shape index (κ2) is 6.02. The first kappa shape index (κ1) is 14.5. The number of primary amides is 1. The van der Waals surface area contributed by atoms with Crippen molar-refractivity contribution in [2.24, 2.45) is 5.73 Å². The molecule has 0 aromatic carbocycles. The zero-order chi connectivity index (χ0) is 14.7. The van der Waals surface area contributed by atoms with E-state index >= 15 is 0 Å². The molecule has 0 spiro atoms. The Balaban J connectivity index is 2.33. The number of anilines is 2. The zero-order valence-corrected chi connectivity index (χ0v) is 11.3. The lowest BCUT2D eigenvalue weighted by Gasteiger charge is -2.24. The normalized spacial score (nSPS) is 18.4. The molecule has 7 heteroatoms. The molecule has 3 N–H and O–H groups in total. The fourth-order valence-corrected chi connectivity index (χ4v) is 2.34. The van der Waals surface area contributed by atoms with E-state index in [2.05, 4.69) is 10.3 Å². The van der Waals surface area contributed by atoms with E-state index in [9.17, 15) is 13.6 Å². The molecule has 0 saturated carbocycles. The minimum atomic E-state index is -0.780. The molecule has 1 atom stereocenters. The second-order valence-corrected chi connectivity index (χ2v) is 4.80. The third-order valence-corrected chi connectivity index (χ3v) is 3.31. The summed E-state index contributed by atoms with van der Waals surface area (Å²) in [6.45, 7) is 2.95. The summed E-state index contributed by atoms with van der Waals surface area (Å²) in [6.07, 6.45) is 2.08. The summed E-state index contributed by atoms with van der Waals surface area (Å²) in [7, 11) is 0. The van der Waals surface area contributed by atoms with Gasteiger partial charge in [0.05, 0.1) is 0 Å². The highest BCUT2D eigenvalue weighted by Crippen LogP contribution is 2.28. The van der Waals surface area contributed by atoms with Gasteiger partial charge < -0.3 is 16.0 Å². The molecule has 1 aliphatic heterocycles. The van der Waals surface area contributed by atoms with Crippen LogP contribution in [-0.2, 0) is 4.79 Å². The molecule has 1 unspecified atom stereocenters. The van der Waals surface area contributed by atoms with Gasteiger partial charge in [-0.25, -0.2) is 13.8 Å². The third-order valence-electron chi connectivity index (χ3n) is 3.31. The first-order valence-corrected chi connectivity index (χ1v) is 6.70. The van der Waals surface area contributed by atoms with Gasteiger partial charge >= 0.3 is 0 Å². The standard InChI is InChI=1S/C13H18F2N4O/c1-2-5-17-12-8(14)7-9(15)13(18-12)19-6-3-4-10(19)11(16)20/h7,10H,2-6H2,1H3,(H2,16,20)(H,17,18). The molecule has 1 aromatic rings. The van der Waals surface area contributed by atoms with Crippen LogP contribution in [0.4, 0.5) is 20.4 Å². The van der Waals surface area contributed by atoms with Crippen molar-refractivity contribution >= 4 is 17.5 Å². The first-order valence-electron chi connectivity index (χ1n) is 6.70. The number of nitrogens with two attached hydrogens (primary N) is 1. The lowest BCUT2D eigenvalue weighted by atomic mass is 10.2. The van der Waals surface area contributed by atoms with E-state index in [1.165, 1.54) is 4.90 Å².